The molecule has 0 aliphatic rings. The fourth-order valence-electron chi connectivity index (χ4n) is 4.32. The summed E-state index contributed by atoms with van der Waals surface area (Å²) >= 11 is 25.7. The van der Waals surface area contributed by atoms with Gasteiger partial charge >= 0.3 is 11.9 Å². The SMILES string of the molecule is O=C(O)c1ccccc1Cc1cc(Cl)c(OCCCOc2c(Cl)cc(Cc3ccccc3C(=O)O)cc2Cl)c(Cl)c1. The highest BCUT2D eigenvalue weighted by Crippen LogP contribution is 2.37. The lowest BCUT2D eigenvalue weighted by molar-refractivity contribution is 0.0685. The first-order valence-electron chi connectivity index (χ1n) is 12.5. The molecule has 0 amide bonds. The second-order valence-electron chi connectivity index (χ2n) is 9.11. The van der Waals surface area contributed by atoms with Gasteiger partial charge in [0, 0.05) is 6.42 Å². The van der Waals surface area contributed by atoms with Gasteiger partial charge in [-0.15, -0.1) is 0 Å². The van der Waals surface area contributed by atoms with Crippen LogP contribution in [0, 0.1) is 0 Å². The quantitative estimate of drug-likeness (QED) is 0.152. The minimum atomic E-state index is -1.00. The largest absolute Gasteiger partial charge is 0.490 e. The van der Waals surface area contributed by atoms with Crippen molar-refractivity contribution in [2.24, 2.45) is 0 Å². The molecule has 0 bridgehead atoms. The molecule has 0 radical (unpaired) electrons. The third-order valence-corrected chi connectivity index (χ3v) is 7.31. The molecule has 0 aliphatic heterocycles. The summed E-state index contributed by atoms with van der Waals surface area (Å²) in [5.41, 5.74) is 3.24. The summed E-state index contributed by atoms with van der Waals surface area (Å²) in [4.78, 5) is 23.0. The maximum Gasteiger partial charge on any atom is 0.335 e. The molecule has 10 heteroatoms. The summed E-state index contributed by atoms with van der Waals surface area (Å²) in [7, 11) is 0. The van der Waals surface area contributed by atoms with E-state index in [1.54, 1.807) is 72.8 Å². The number of hydrogen-bond donors (Lipinski definition) is 2. The van der Waals surface area contributed by atoms with Gasteiger partial charge in [0.15, 0.2) is 11.5 Å². The van der Waals surface area contributed by atoms with E-state index in [1.165, 1.54) is 0 Å². The molecule has 0 unspecified atom stereocenters. The molecule has 0 spiro atoms. The smallest absolute Gasteiger partial charge is 0.335 e. The van der Waals surface area contributed by atoms with Crippen molar-refractivity contribution in [2.45, 2.75) is 19.3 Å². The second-order valence-corrected chi connectivity index (χ2v) is 10.7. The standard InChI is InChI=1S/C31H24Cl4O6/c32-24-14-18(12-20-6-1-3-8-22(20)30(36)37)15-25(33)28(24)40-10-5-11-41-29-26(34)16-19(17-27(29)35)13-21-7-2-4-9-23(21)31(38)39/h1-4,6-9,14-17H,5,10-13H2,(H,36,37)(H,38,39). The molecule has 0 heterocycles. The molecule has 2 N–H and O–H groups in total. The Hall–Kier alpha value is -3.42. The van der Waals surface area contributed by atoms with Crippen LogP contribution in [-0.2, 0) is 12.8 Å². The van der Waals surface area contributed by atoms with Gasteiger partial charge in [0.25, 0.3) is 0 Å². The number of rotatable bonds is 12. The molecule has 0 aromatic heterocycles. The highest BCUT2D eigenvalue weighted by atomic mass is 35.5. The third kappa shape index (κ3) is 7.86. The van der Waals surface area contributed by atoms with Gasteiger partial charge in [-0.3, -0.25) is 0 Å². The fourth-order valence-corrected chi connectivity index (χ4v) is 5.60. The highest BCUT2D eigenvalue weighted by Gasteiger charge is 2.16. The van der Waals surface area contributed by atoms with E-state index in [2.05, 4.69) is 0 Å². The summed E-state index contributed by atoms with van der Waals surface area (Å²) in [6, 6.07) is 20.3. The normalized spacial score (nSPS) is 10.8. The van der Waals surface area contributed by atoms with Crippen molar-refractivity contribution in [1.29, 1.82) is 0 Å². The molecule has 0 saturated heterocycles. The zero-order chi connectivity index (χ0) is 29.5. The van der Waals surface area contributed by atoms with Gasteiger partial charge in [-0.2, -0.15) is 0 Å². The van der Waals surface area contributed by atoms with E-state index in [1.807, 2.05) is 0 Å². The lowest BCUT2D eigenvalue weighted by Crippen LogP contribution is -2.07. The maximum absolute atomic E-state index is 11.5. The lowest BCUT2D eigenvalue weighted by Gasteiger charge is -2.14. The van der Waals surface area contributed by atoms with Crippen LogP contribution in [-0.4, -0.2) is 35.4 Å². The van der Waals surface area contributed by atoms with Crippen LogP contribution in [0.25, 0.3) is 0 Å². The molecule has 4 aromatic carbocycles. The molecule has 6 nitrogen and oxygen atoms in total. The first kappa shape index (κ1) is 30.5. The molecule has 212 valence electrons. The van der Waals surface area contributed by atoms with Gasteiger partial charge in [0.2, 0.25) is 0 Å². The predicted octanol–water partition coefficient (Wildman–Crippen LogP) is 8.73. The van der Waals surface area contributed by atoms with Crippen LogP contribution >= 0.6 is 46.4 Å². The van der Waals surface area contributed by atoms with E-state index in [0.717, 1.165) is 11.1 Å². The Balaban J connectivity index is 1.32. The number of carboxylic acid groups (broad SMARTS) is 2. The van der Waals surface area contributed by atoms with Crippen molar-refractivity contribution in [3.8, 4) is 11.5 Å². The number of halogens is 4. The van der Waals surface area contributed by atoms with E-state index >= 15 is 0 Å². The van der Waals surface area contributed by atoms with Crippen molar-refractivity contribution in [3.63, 3.8) is 0 Å². The Morgan fingerprint density at radius 1 is 0.585 bits per heavy atom. The predicted molar refractivity (Wildman–Crippen MR) is 161 cm³/mol. The molecule has 0 aliphatic carbocycles. The van der Waals surface area contributed by atoms with Gasteiger partial charge in [-0.25, -0.2) is 9.59 Å². The van der Waals surface area contributed by atoms with Crippen LogP contribution in [0.2, 0.25) is 20.1 Å². The van der Waals surface area contributed by atoms with Crippen LogP contribution in [0.15, 0.2) is 72.8 Å². The number of hydrogen-bond acceptors (Lipinski definition) is 4. The third-order valence-electron chi connectivity index (χ3n) is 6.18. The lowest BCUT2D eigenvalue weighted by atomic mass is 10.00. The van der Waals surface area contributed by atoms with Gasteiger partial charge in [0.1, 0.15) is 0 Å². The fraction of sp³-hybridized carbons (Fsp3) is 0.161. The minimum Gasteiger partial charge on any atom is -0.490 e. The number of benzene rings is 4. The molecule has 4 aromatic rings. The topological polar surface area (TPSA) is 93.1 Å². The van der Waals surface area contributed by atoms with Crippen LogP contribution in [0.5, 0.6) is 11.5 Å². The monoisotopic (exact) mass is 632 g/mol. The van der Waals surface area contributed by atoms with Crippen LogP contribution in [0.1, 0.15) is 49.4 Å². The summed E-state index contributed by atoms with van der Waals surface area (Å²) in [6.07, 6.45) is 1.17. The first-order chi connectivity index (χ1) is 19.6. The average molecular weight is 634 g/mol. The van der Waals surface area contributed by atoms with E-state index in [4.69, 9.17) is 55.9 Å². The van der Waals surface area contributed by atoms with Crippen molar-refractivity contribution in [3.05, 3.63) is 126 Å². The van der Waals surface area contributed by atoms with E-state index < -0.39 is 11.9 Å². The molecular weight excluding hydrogens is 610 g/mol. The molecule has 0 atom stereocenters. The van der Waals surface area contributed by atoms with Crippen LogP contribution < -0.4 is 9.47 Å². The van der Waals surface area contributed by atoms with Gasteiger partial charge in [-0.05, 0) is 71.5 Å². The molecule has 4 rings (SSSR count). The molecule has 0 fully saturated rings. The summed E-state index contributed by atoms with van der Waals surface area (Å²) in [5.74, 6) is -1.35. The van der Waals surface area contributed by atoms with Crippen molar-refractivity contribution in [2.75, 3.05) is 13.2 Å². The van der Waals surface area contributed by atoms with Gasteiger partial charge < -0.3 is 19.7 Å². The number of carbonyl (C=O) groups is 2. The average Bonchev–Trinajstić information content (AvgIpc) is 2.91. The Bertz CT molecular complexity index is 1420. The Morgan fingerprint density at radius 3 is 1.27 bits per heavy atom. The van der Waals surface area contributed by atoms with E-state index in [9.17, 15) is 19.8 Å². The summed E-state index contributed by atoms with van der Waals surface area (Å²) < 4.78 is 11.6. The Labute approximate surface area is 257 Å². The number of aromatic carboxylic acids is 2. The van der Waals surface area contributed by atoms with Gasteiger partial charge in [0.05, 0.1) is 44.4 Å². The zero-order valence-corrected chi connectivity index (χ0v) is 24.5. The van der Waals surface area contributed by atoms with Crippen LogP contribution in [0.3, 0.4) is 0 Å². The Kier molecular flexibility index (Phi) is 10.4. The molecular formula is C31H24Cl4O6. The maximum atomic E-state index is 11.5. The number of ether oxygens (including phenoxy) is 2. The van der Waals surface area contributed by atoms with Gasteiger partial charge in [-0.1, -0.05) is 82.8 Å². The first-order valence-corrected chi connectivity index (χ1v) is 14.0. The van der Waals surface area contributed by atoms with Crippen LogP contribution in [0.4, 0.5) is 0 Å². The summed E-state index contributed by atoms with van der Waals surface area (Å²) in [5, 5.41) is 20.1. The second kappa shape index (κ2) is 14.0. The van der Waals surface area contributed by atoms with E-state index in [-0.39, 0.29) is 24.3 Å². The zero-order valence-electron chi connectivity index (χ0n) is 21.5. The van der Waals surface area contributed by atoms with E-state index in [0.29, 0.717) is 62.0 Å². The Morgan fingerprint density at radius 2 is 0.927 bits per heavy atom. The van der Waals surface area contributed by atoms with Crippen molar-refractivity contribution < 1.29 is 29.3 Å². The molecule has 41 heavy (non-hydrogen) atoms. The molecule has 0 saturated carbocycles. The summed E-state index contributed by atoms with van der Waals surface area (Å²) in [6.45, 7) is 0.500. The highest BCUT2D eigenvalue weighted by molar-refractivity contribution is 6.37. The number of carboxylic acids is 2. The van der Waals surface area contributed by atoms with Crippen molar-refractivity contribution in [1.82, 2.24) is 0 Å². The van der Waals surface area contributed by atoms with Crippen molar-refractivity contribution >= 4 is 58.3 Å². The minimum absolute atomic E-state index is 0.221.